The van der Waals surface area contributed by atoms with Crippen LogP contribution in [0.15, 0.2) is 12.2 Å². The maximum Gasteiger partial charge on any atom is 0.333 e. The lowest BCUT2D eigenvalue weighted by atomic mass is 9.57. The number of hydrogen-bond acceptors (Lipinski definition) is 2. The summed E-state index contributed by atoms with van der Waals surface area (Å²) in [5, 5.41) is 0. The van der Waals surface area contributed by atoms with Gasteiger partial charge in [0.2, 0.25) is 0 Å². The minimum absolute atomic E-state index is 0.203. The Hall–Kier alpha value is -0.790. The molecular formula is C17H28O2. The van der Waals surface area contributed by atoms with E-state index in [-0.39, 0.29) is 11.6 Å². The molecule has 108 valence electrons. The van der Waals surface area contributed by atoms with Crippen molar-refractivity contribution >= 4 is 5.97 Å². The van der Waals surface area contributed by atoms with E-state index >= 15 is 0 Å². The Morgan fingerprint density at radius 1 is 1.26 bits per heavy atom. The SMILES string of the molecule is C=C(C)C(=O)OC1(CC)C(C)CC2CC(C)CC1C2. The van der Waals surface area contributed by atoms with E-state index in [1.165, 1.54) is 25.7 Å². The lowest BCUT2D eigenvalue weighted by molar-refractivity contribution is -0.186. The van der Waals surface area contributed by atoms with Crippen LogP contribution in [0.4, 0.5) is 0 Å². The van der Waals surface area contributed by atoms with Crippen molar-refractivity contribution in [2.24, 2.45) is 23.7 Å². The summed E-state index contributed by atoms with van der Waals surface area (Å²) in [5.41, 5.74) is 0.271. The van der Waals surface area contributed by atoms with Crippen molar-refractivity contribution in [1.29, 1.82) is 0 Å². The van der Waals surface area contributed by atoms with Gasteiger partial charge in [-0.15, -0.1) is 0 Å². The number of carbonyl (C=O) groups excluding carboxylic acids is 1. The van der Waals surface area contributed by atoms with E-state index in [2.05, 4.69) is 27.4 Å². The molecule has 0 N–H and O–H groups in total. The largest absolute Gasteiger partial charge is 0.455 e. The Labute approximate surface area is 117 Å². The number of fused-ring (bicyclic) bond motifs is 2. The molecule has 0 aromatic rings. The minimum Gasteiger partial charge on any atom is -0.455 e. The van der Waals surface area contributed by atoms with Gasteiger partial charge in [0.25, 0.3) is 0 Å². The summed E-state index contributed by atoms with van der Waals surface area (Å²) in [5.74, 6) is 2.42. The van der Waals surface area contributed by atoms with Crippen LogP contribution in [0.3, 0.4) is 0 Å². The van der Waals surface area contributed by atoms with Gasteiger partial charge < -0.3 is 4.74 Å². The predicted molar refractivity (Wildman–Crippen MR) is 77.7 cm³/mol. The molecule has 2 heteroatoms. The molecule has 0 saturated heterocycles. The third-order valence-electron chi connectivity index (χ3n) is 5.44. The van der Waals surface area contributed by atoms with Crippen LogP contribution in [0.1, 0.15) is 59.8 Å². The van der Waals surface area contributed by atoms with Gasteiger partial charge >= 0.3 is 5.97 Å². The van der Waals surface area contributed by atoms with Crippen molar-refractivity contribution < 1.29 is 9.53 Å². The smallest absolute Gasteiger partial charge is 0.333 e. The Morgan fingerprint density at radius 3 is 2.53 bits per heavy atom. The van der Waals surface area contributed by atoms with Gasteiger partial charge in [-0.05, 0) is 62.7 Å². The highest BCUT2D eigenvalue weighted by Gasteiger charge is 2.52. The van der Waals surface area contributed by atoms with Crippen molar-refractivity contribution in [1.82, 2.24) is 0 Å². The van der Waals surface area contributed by atoms with Gasteiger partial charge in [0.1, 0.15) is 5.60 Å². The number of esters is 1. The maximum atomic E-state index is 12.0. The molecule has 0 aliphatic heterocycles. The average Bonchev–Trinajstić information content (AvgIpc) is 2.33. The minimum atomic E-state index is -0.249. The Morgan fingerprint density at radius 2 is 1.95 bits per heavy atom. The summed E-state index contributed by atoms with van der Waals surface area (Å²) >= 11 is 0. The second-order valence-electron chi connectivity index (χ2n) is 6.99. The standard InChI is InChI=1S/C17H28O2/c1-6-17(19-16(18)11(2)3)13(5)9-14-7-12(4)8-15(17)10-14/h12-15H,2,6-10H2,1,3-5H3. The van der Waals surface area contributed by atoms with Gasteiger partial charge in [-0.25, -0.2) is 4.79 Å². The summed E-state index contributed by atoms with van der Waals surface area (Å²) < 4.78 is 6.00. The van der Waals surface area contributed by atoms with Crippen LogP contribution in [-0.2, 0) is 9.53 Å². The molecule has 2 aliphatic carbocycles. The first-order valence-corrected chi connectivity index (χ1v) is 7.77. The third kappa shape index (κ3) is 2.59. The number of carbonyl (C=O) groups is 1. The van der Waals surface area contributed by atoms with Gasteiger partial charge in [-0.3, -0.25) is 0 Å². The molecule has 2 fully saturated rings. The number of hydrogen-bond donors (Lipinski definition) is 0. The van der Waals surface area contributed by atoms with Gasteiger partial charge in [-0.2, -0.15) is 0 Å². The van der Waals surface area contributed by atoms with Crippen LogP contribution < -0.4 is 0 Å². The monoisotopic (exact) mass is 264 g/mol. The molecule has 2 bridgehead atoms. The van der Waals surface area contributed by atoms with E-state index in [0.717, 1.165) is 18.3 Å². The van der Waals surface area contributed by atoms with Crippen LogP contribution in [0, 0.1) is 23.7 Å². The molecule has 0 radical (unpaired) electrons. The Balaban J connectivity index is 2.25. The van der Waals surface area contributed by atoms with E-state index in [1.54, 1.807) is 6.92 Å². The Kier molecular flexibility index (Phi) is 4.08. The lowest BCUT2D eigenvalue weighted by Gasteiger charge is -2.53. The second kappa shape index (κ2) is 5.30. The van der Waals surface area contributed by atoms with Crippen molar-refractivity contribution in [2.45, 2.75) is 65.4 Å². The molecule has 0 spiro atoms. The average molecular weight is 264 g/mol. The molecule has 5 atom stereocenters. The van der Waals surface area contributed by atoms with Crippen LogP contribution >= 0.6 is 0 Å². The van der Waals surface area contributed by atoms with E-state index in [4.69, 9.17) is 4.74 Å². The van der Waals surface area contributed by atoms with Gasteiger partial charge in [0.15, 0.2) is 0 Å². The molecule has 0 amide bonds. The zero-order chi connectivity index (χ0) is 14.2. The fraction of sp³-hybridized carbons (Fsp3) is 0.824. The van der Waals surface area contributed by atoms with Crippen molar-refractivity contribution in [2.75, 3.05) is 0 Å². The van der Waals surface area contributed by atoms with Gasteiger partial charge in [0, 0.05) is 5.57 Å². The fourth-order valence-corrected chi connectivity index (χ4v) is 4.59. The van der Waals surface area contributed by atoms with Crippen molar-refractivity contribution in [3.05, 3.63) is 12.2 Å². The third-order valence-corrected chi connectivity index (χ3v) is 5.44. The van der Waals surface area contributed by atoms with Crippen LogP contribution in [0.2, 0.25) is 0 Å². The number of rotatable bonds is 3. The zero-order valence-electron chi connectivity index (χ0n) is 12.9. The quantitative estimate of drug-likeness (QED) is 0.559. The lowest BCUT2D eigenvalue weighted by Crippen LogP contribution is -2.54. The van der Waals surface area contributed by atoms with E-state index in [1.807, 2.05) is 0 Å². The van der Waals surface area contributed by atoms with E-state index in [9.17, 15) is 4.79 Å². The van der Waals surface area contributed by atoms with Crippen molar-refractivity contribution in [3.63, 3.8) is 0 Å². The van der Waals surface area contributed by atoms with Crippen LogP contribution in [-0.4, -0.2) is 11.6 Å². The van der Waals surface area contributed by atoms with Gasteiger partial charge in [0.05, 0.1) is 0 Å². The molecule has 0 heterocycles. The molecule has 2 aliphatic rings. The normalized spacial score (nSPS) is 41.7. The highest BCUT2D eigenvalue weighted by Crippen LogP contribution is 2.53. The number of ether oxygens (including phenoxy) is 1. The molecule has 2 rings (SSSR count). The summed E-state index contributed by atoms with van der Waals surface area (Å²) in [4.78, 5) is 12.0. The predicted octanol–water partition coefficient (Wildman–Crippen LogP) is 4.35. The van der Waals surface area contributed by atoms with Gasteiger partial charge in [-0.1, -0.05) is 27.4 Å². The summed E-state index contributed by atoms with van der Waals surface area (Å²) in [7, 11) is 0. The highest BCUT2D eigenvalue weighted by atomic mass is 16.6. The Bertz CT molecular complexity index is 369. The van der Waals surface area contributed by atoms with Crippen molar-refractivity contribution in [3.8, 4) is 0 Å². The summed E-state index contributed by atoms with van der Waals surface area (Å²) in [6.07, 6.45) is 5.94. The van der Waals surface area contributed by atoms with E-state index in [0.29, 0.717) is 17.4 Å². The van der Waals surface area contributed by atoms with Crippen LogP contribution in [0.25, 0.3) is 0 Å². The molecule has 0 aromatic heterocycles. The summed E-state index contributed by atoms with van der Waals surface area (Å²) in [6.45, 7) is 12.3. The topological polar surface area (TPSA) is 26.3 Å². The second-order valence-corrected chi connectivity index (χ2v) is 6.99. The zero-order valence-corrected chi connectivity index (χ0v) is 12.9. The maximum absolute atomic E-state index is 12.0. The molecule has 19 heavy (non-hydrogen) atoms. The molecule has 5 unspecified atom stereocenters. The highest BCUT2D eigenvalue weighted by molar-refractivity contribution is 5.87. The first-order valence-electron chi connectivity index (χ1n) is 7.77. The molecular weight excluding hydrogens is 236 g/mol. The van der Waals surface area contributed by atoms with Crippen LogP contribution in [0.5, 0.6) is 0 Å². The first-order chi connectivity index (χ1) is 8.89. The molecule has 0 aromatic carbocycles. The molecule has 2 saturated carbocycles. The summed E-state index contributed by atoms with van der Waals surface area (Å²) in [6, 6.07) is 0. The first kappa shape index (κ1) is 14.6. The van der Waals surface area contributed by atoms with E-state index < -0.39 is 0 Å². The fourth-order valence-electron chi connectivity index (χ4n) is 4.59. The molecule has 2 nitrogen and oxygen atoms in total.